The quantitative estimate of drug-likeness (QED) is 0.768. The molecule has 3 rings (SSSR count). The maximum absolute atomic E-state index is 12.2. The highest BCUT2D eigenvalue weighted by atomic mass is 79.9. The average molecular weight is 411 g/mol. The van der Waals surface area contributed by atoms with E-state index in [4.69, 9.17) is 9.47 Å². The van der Waals surface area contributed by atoms with E-state index in [1.165, 1.54) is 0 Å². The summed E-state index contributed by atoms with van der Waals surface area (Å²) in [6.07, 6.45) is 7.59. The van der Waals surface area contributed by atoms with Crippen molar-refractivity contribution in [3.8, 4) is 0 Å². The van der Waals surface area contributed by atoms with Gasteiger partial charge in [0.15, 0.2) is 0 Å². The molecule has 2 heterocycles. The van der Waals surface area contributed by atoms with Crippen molar-refractivity contribution >= 4 is 21.9 Å². The fourth-order valence-electron chi connectivity index (χ4n) is 3.82. The van der Waals surface area contributed by atoms with Crippen molar-refractivity contribution in [2.45, 2.75) is 57.7 Å². The van der Waals surface area contributed by atoms with E-state index in [0.29, 0.717) is 5.41 Å². The average Bonchev–Trinajstić information content (AvgIpc) is 2.51. The van der Waals surface area contributed by atoms with Crippen molar-refractivity contribution in [1.82, 2.24) is 10.3 Å². The Bertz CT molecular complexity index is 628. The molecule has 25 heavy (non-hydrogen) atoms. The Morgan fingerprint density at radius 1 is 1.28 bits per heavy atom. The van der Waals surface area contributed by atoms with Crippen molar-refractivity contribution in [2.75, 3.05) is 19.7 Å². The molecule has 0 amide bonds. The van der Waals surface area contributed by atoms with E-state index in [-0.39, 0.29) is 12.6 Å². The molecule has 0 bridgehead atoms. The van der Waals surface area contributed by atoms with E-state index in [1.807, 2.05) is 26.8 Å². The first kappa shape index (κ1) is 18.8. The molecule has 2 aliphatic rings. The van der Waals surface area contributed by atoms with E-state index >= 15 is 0 Å². The van der Waals surface area contributed by atoms with Crippen molar-refractivity contribution in [2.24, 2.45) is 5.41 Å². The van der Waals surface area contributed by atoms with Gasteiger partial charge in [-0.15, -0.1) is 0 Å². The number of ether oxygens (including phenoxy) is 2. The third-order valence-corrected chi connectivity index (χ3v) is 5.90. The molecular formula is C19H27BrN2O3. The van der Waals surface area contributed by atoms with E-state index in [2.05, 4.69) is 26.2 Å². The number of carbonyl (C=O) groups is 1. The Morgan fingerprint density at radius 3 is 2.48 bits per heavy atom. The predicted molar refractivity (Wildman–Crippen MR) is 99.2 cm³/mol. The molecule has 0 radical (unpaired) electrons. The zero-order chi connectivity index (χ0) is 18.1. The second-order valence-corrected chi connectivity index (χ2v) is 9.18. The van der Waals surface area contributed by atoms with Crippen LogP contribution in [0.1, 0.15) is 52.0 Å². The highest BCUT2D eigenvalue weighted by Gasteiger charge is 2.48. The largest absolute Gasteiger partial charge is 0.458 e. The van der Waals surface area contributed by atoms with Crippen LogP contribution in [0.15, 0.2) is 22.9 Å². The normalized spacial score (nSPS) is 21.6. The molecule has 1 aromatic rings. The van der Waals surface area contributed by atoms with Gasteiger partial charge < -0.3 is 14.8 Å². The molecule has 0 aromatic carbocycles. The van der Waals surface area contributed by atoms with E-state index in [9.17, 15) is 4.79 Å². The third-order valence-electron chi connectivity index (χ3n) is 5.27. The van der Waals surface area contributed by atoms with Gasteiger partial charge in [0, 0.05) is 35.5 Å². The van der Waals surface area contributed by atoms with Gasteiger partial charge in [0.2, 0.25) is 0 Å². The maximum Gasteiger partial charge on any atom is 0.332 e. The zero-order valence-corrected chi connectivity index (χ0v) is 16.8. The Labute approximate surface area is 158 Å². The molecule has 1 aromatic heterocycles. The lowest BCUT2D eigenvalue weighted by molar-refractivity contribution is -0.173. The van der Waals surface area contributed by atoms with Crippen LogP contribution in [0.3, 0.4) is 0 Å². The van der Waals surface area contributed by atoms with Crippen LogP contribution in [-0.2, 0) is 19.9 Å². The summed E-state index contributed by atoms with van der Waals surface area (Å²) < 4.78 is 12.6. The van der Waals surface area contributed by atoms with Crippen molar-refractivity contribution in [3.63, 3.8) is 0 Å². The van der Waals surface area contributed by atoms with Gasteiger partial charge >= 0.3 is 5.97 Å². The Balaban J connectivity index is 1.76. The highest BCUT2D eigenvalue weighted by molar-refractivity contribution is 9.10. The lowest BCUT2D eigenvalue weighted by Gasteiger charge is -2.51. The first-order chi connectivity index (χ1) is 11.7. The summed E-state index contributed by atoms with van der Waals surface area (Å²) in [5, 5.41) is 3.39. The summed E-state index contributed by atoms with van der Waals surface area (Å²) in [4.78, 5) is 16.3. The number of halogens is 1. The standard InChI is InChI=1S/C19H27BrN2O3/c1-17(2,3)25-16(23)11-24-19(14-4-9-21-10-15(14)20)7-5-18(6-8-19)12-22-13-18/h4,9-10,22H,5-8,11-13H2,1-3H3. The van der Waals surface area contributed by atoms with Crippen LogP contribution in [0.25, 0.3) is 0 Å². The second-order valence-electron chi connectivity index (χ2n) is 8.33. The minimum absolute atomic E-state index is 0.0305. The summed E-state index contributed by atoms with van der Waals surface area (Å²) in [5.74, 6) is -0.317. The Morgan fingerprint density at radius 2 is 1.96 bits per heavy atom. The number of nitrogens with zero attached hydrogens (tertiary/aromatic N) is 1. The molecule has 1 N–H and O–H groups in total. The number of pyridine rings is 1. The van der Waals surface area contributed by atoms with E-state index in [1.54, 1.807) is 12.4 Å². The lowest BCUT2D eigenvalue weighted by atomic mass is 9.64. The van der Waals surface area contributed by atoms with Gasteiger partial charge in [-0.3, -0.25) is 4.98 Å². The molecule has 1 aliphatic carbocycles. The number of nitrogens with one attached hydrogen (secondary N) is 1. The molecule has 1 saturated heterocycles. The number of hydrogen-bond acceptors (Lipinski definition) is 5. The van der Waals surface area contributed by atoms with Gasteiger partial charge in [0.05, 0.1) is 5.60 Å². The van der Waals surface area contributed by atoms with Crippen LogP contribution < -0.4 is 5.32 Å². The Hall–Kier alpha value is -0.980. The van der Waals surface area contributed by atoms with Crippen LogP contribution in [0.2, 0.25) is 0 Å². The third kappa shape index (κ3) is 4.23. The highest BCUT2D eigenvalue weighted by Crippen LogP contribution is 2.50. The molecule has 1 saturated carbocycles. The smallest absolute Gasteiger partial charge is 0.332 e. The molecule has 2 fully saturated rings. The van der Waals surface area contributed by atoms with Crippen LogP contribution in [0, 0.1) is 5.41 Å². The fraction of sp³-hybridized carbons (Fsp3) is 0.684. The number of rotatable bonds is 4. The molecule has 6 heteroatoms. The monoisotopic (exact) mass is 410 g/mol. The van der Waals surface area contributed by atoms with Crippen molar-refractivity contribution < 1.29 is 14.3 Å². The molecule has 138 valence electrons. The number of aromatic nitrogens is 1. The molecule has 0 atom stereocenters. The summed E-state index contributed by atoms with van der Waals surface area (Å²) >= 11 is 3.61. The van der Waals surface area contributed by atoms with Crippen LogP contribution >= 0.6 is 15.9 Å². The topological polar surface area (TPSA) is 60.5 Å². The van der Waals surface area contributed by atoms with Gasteiger partial charge in [0.25, 0.3) is 0 Å². The molecule has 5 nitrogen and oxygen atoms in total. The summed E-state index contributed by atoms with van der Waals surface area (Å²) in [6.45, 7) is 7.76. The summed E-state index contributed by atoms with van der Waals surface area (Å²) in [7, 11) is 0. The SMILES string of the molecule is CC(C)(C)OC(=O)COC1(c2ccncc2Br)CCC2(CC1)CNC2. The zero-order valence-electron chi connectivity index (χ0n) is 15.2. The lowest BCUT2D eigenvalue weighted by Crippen LogP contribution is -2.57. The molecular weight excluding hydrogens is 384 g/mol. The second kappa shape index (κ2) is 6.97. The van der Waals surface area contributed by atoms with Crippen molar-refractivity contribution in [1.29, 1.82) is 0 Å². The number of esters is 1. The number of carbonyl (C=O) groups excluding carboxylic acids is 1. The van der Waals surface area contributed by atoms with Crippen LogP contribution in [0.4, 0.5) is 0 Å². The molecule has 0 unspecified atom stereocenters. The Kier molecular flexibility index (Phi) is 5.24. The summed E-state index contributed by atoms with van der Waals surface area (Å²) in [6, 6.07) is 2.00. The van der Waals surface area contributed by atoms with Crippen LogP contribution in [0.5, 0.6) is 0 Å². The van der Waals surface area contributed by atoms with Gasteiger partial charge in [0.1, 0.15) is 12.2 Å². The van der Waals surface area contributed by atoms with E-state index in [0.717, 1.165) is 48.8 Å². The van der Waals surface area contributed by atoms with Crippen molar-refractivity contribution in [3.05, 3.63) is 28.5 Å². The molecule has 1 aliphatic heterocycles. The minimum Gasteiger partial charge on any atom is -0.458 e. The van der Waals surface area contributed by atoms with Crippen LogP contribution in [-0.4, -0.2) is 36.3 Å². The first-order valence-corrected chi connectivity index (χ1v) is 9.70. The van der Waals surface area contributed by atoms with Gasteiger partial charge in [-0.1, -0.05) is 0 Å². The number of hydrogen-bond donors (Lipinski definition) is 1. The maximum atomic E-state index is 12.2. The van der Waals surface area contributed by atoms with Gasteiger partial charge in [-0.25, -0.2) is 4.79 Å². The summed E-state index contributed by atoms with van der Waals surface area (Å²) in [5.41, 5.74) is 0.532. The van der Waals surface area contributed by atoms with E-state index < -0.39 is 11.2 Å². The molecule has 1 spiro atoms. The van der Waals surface area contributed by atoms with Gasteiger partial charge in [-0.05, 0) is 73.9 Å². The fourth-order valence-corrected chi connectivity index (χ4v) is 4.43. The minimum atomic E-state index is -0.501. The predicted octanol–water partition coefficient (Wildman–Crippen LogP) is 3.56. The first-order valence-electron chi connectivity index (χ1n) is 8.90. The van der Waals surface area contributed by atoms with Gasteiger partial charge in [-0.2, -0.15) is 0 Å².